The van der Waals surface area contributed by atoms with E-state index in [-0.39, 0.29) is 5.97 Å². The van der Waals surface area contributed by atoms with Crippen LogP contribution in [0.3, 0.4) is 0 Å². The van der Waals surface area contributed by atoms with E-state index in [9.17, 15) is 4.79 Å². The molecule has 5 heteroatoms. The maximum Gasteiger partial charge on any atom is 0.326 e. The summed E-state index contributed by atoms with van der Waals surface area (Å²) in [5.41, 5.74) is -0.496. The Labute approximate surface area is 127 Å². The van der Waals surface area contributed by atoms with E-state index in [1.165, 1.54) is 32.8 Å². The molecule has 1 saturated heterocycles. The molecule has 2 aliphatic carbocycles. The van der Waals surface area contributed by atoms with Crippen molar-refractivity contribution in [3.63, 3.8) is 0 Å². The summed E-state index contributed by atoms with van der Waals surface area (Å²) in [5, 5.41) is 3.26. The van der Waals surface area contributed by atoms with Crippen molar-refractivity contribution in [1.29, 1.82) is 0 Å². The number of rotatable bonds is 3. The molecule has 120 valence electrons. The van der Waals surface area contributed by atoms with E-state index in [4.69, 9.17) is 9.47 Å². The third-order valence-corrected chi connectivity index (χ3v) is 5.77. The monoisotopic (exact) mass is 296 g/mol. The molecule has 4 atom stereocenters. The summed E-state index contributed by atoms with van der Waals surface area (Å²) in [5.74, 6) is -0.106. The summed E-state index contributed by atoms with van der Waals surface area (Å²) >= 11 is 0. The molecule has 2 saturated carbocycles. The first-order valence-corrected chi connectivity index (χ1v) is 8.35. The molecule has 1 aliphatic heterocycles. The molecule has 3 rings (SSSR count). The SMILES string of the molecule is CNC1(C(=O)OC)CCCC(N2CCOC3CCCC32)C1. The van der Waals surface area contributed by atoms with E-state index in [0.29, 0.717) is 18.2 Å². The highest BCUT2D eigenvalue weighted by Gasteiger charge is 2.47. The largest absolute Gasteiger partial charge is 0.468 e. The van der Waals surface area contributed by atoms with Gasteiger partial charge in [0.2, 0.25) is 0 Å². The Bertz CT molecular complexity index is 390. The van der Waals surface area contributed by atoms with Gasteiger partial charge in [0, 0.05) is 18.6 Å². The molecule has 1 heterocycles. The van der Waals surface area contributed by atoms with Gasteiger partial charge in [-0.2, -0.15) is 0 Å². The van der Waals surface area contributed by atoms with E-state index in [1.807, 2.05) is 7.05 Å². The van der Waals surface area contributed by atoms with Crippen molar-refractivity contribution in [2.24, 2.45) is 0 Å². The second-order valence-electron chi connectivity index (χ2n) is 6.72. The summed E-state index contributed by atoms with van der Waals surface area (Å²) in [6.07, 6.45) is 8.13. The molecule has 0 aromatic heterocycles. The fourth-order valence-electron chi connectivity index (χ4n) is 4.65. The topological polar surface area (TPSA) is 50.8 Å². The Hall–Kier alpha value is -0.650. The molecule has 3 aliphatic rings. The maximum absolute atomic E-state index is 12.2. The van der Waals surface area contributed by atoms with Crippen molar-refractivity contribution in [3.05, 3.63) is 0 Å². The molecule has 0 spiro atoms. The quantitative estimate of drug-likeness (QED) is 0.796. The van der Waals surface area contributed by atoms with Crippen LogP contribution in [0.25, 0.3) is 0 Å². The van der Waals surface area contributed by atoms with Gasteiger partial charge in [-0.25, -0.2) is 0 Å². The number of nitrogens with zero attached hydrogens (tertiary/aromatic N) is 1. The average Bonchev–Trinajstić information content (AvgIpc) is 3.02. The van der Waals surface area contributed by atoms with Gasteiger partial charge in [0.25, 0.3) is 0 Å². The van der Waals surface area contributed by atoms with Crippen LogP contribution in [-0.4, -0.2) is 61.9 Å². The van der Waals surface area contributed by atoms with Gasteiger partial charge in [0.15, 0.2) is 0 Å². The molecule has 21 heavy (non-hydrogen) atoms. The second kappa shape index (κ2) is 6.23. The number of ether oxygens (including phenoxy) is 2. The Balaban J connectivity index is 1.74. The second-order valence-corrected chi connectivity index (χ2v) is 6.72. The molecule has 1 N–H and O–H groups in total. The van der Waals surface area contributed by atoms with Crippen molar-refractivity contribution in [3.8, 4) is 0 Å². The van der Waals surface area contributed by atoms with Gasteiger partial charge >= 0.3 is 5.97 Å². The summed E-state index contributed by atoms with van der Waals surface area (Å²) < 4.78 is 11.0. The first-order chi connectivity index (χ1) is 10.2. The number of hydrogen-bond acceptors (Lipinski definition) is 5. The van der Waals surface area contributed by atoms with E-state index in [0.717, 1.165) is 32.4 Å². The number of carbonyl (C=O) groups is 1. The Morgan fingerprint density at radius 3 is 2.95 bits per heavy atom. The third-order valence-electron chi connectivity index (χ3n) is 5.77. The molecule has 0 bridgehead atoms. The van der Waals surface area contributed by atoms with Crippen molar-refractivity contribution in [2.75, 3.05) is 27.3 Å². The molecule has 4 unspecified atom stereocenters. The predicted octanol–water partition coefficient (Wildman–Crippen LogP) is 1.31. The predicted molar refractivity (Wildman–Crippen MR) is 80.1 cm³/mol. The zero-order chi connectivity index (χ0) is 14.9. The Morgan fingerprint density at radius 1 is 1.33 bits per heavy atom. The number of carbonyl (C=O) groups excluding carboxylic acids is 1. The lowest BCUT2D eigenvalue weighted by molar-refractivity contribution is -0.152. The van der Waals surface area contributed by atoms with Crippen LogP contribution in [0, 0.1) is 0 Å². The zero-order valence-corrected chi connectivity index (χ0v) is 13.3. The van der Waals surface area contributed by atoms with E-state index in [2.05, 4.69) is 10.2 Å². The fraction of sp³-hybridized carbons (Fsp3) is 0.938. The maximum atomic E-state index is 12.2. The summed E-state index contributed by atoms with van der Waals surface area (Å²) in [7, 11) is 3.38. The third kappa shape index (κ3) is 2.71. The zero-order valence-electron chi connectivity index (χ0n) is 13.3. The number of hydrogen-bond donors (Lipinski definition) is 1. The first kappa shape index (κ1) is 15.3. The molecule has 3 fully saturated rings. The Kier molecular flexibility index (Phi) is 4.52. The summed E-state index contributed by atoms with van der Waals surface area (Å²) in [4.78, 5) is 14.9. The minimum atomic E-state index is -0.496. The van der Waals surface area contributed by atoms with Crippen LogP contribution in [0.15, 0.2) is 0 Å². The van der Waals surface area contributed by atoms with Gasteiger partial charge in [0.1, 0.15) is 5.54 Å². The van der Waals surface area contributed by atoms with Crippen LogP contribution in [-0.2, 0) is 14.3 Å². The molecule has 0 aromatic rings. The number of nitrogens with one attached hydrogen (secondary N) is 1. The van der Waals surface area contributed by atoms with Gasteiger partial charge in [-0.05, 0) is 52.0 Å². The van der Waals surface area contributed by atoms with Gasteiger partial charge in [-0.3, -0.25) is 9.69 Å². The first-order valence-electron chi connectivity index (χ1n) is 8.35. The highest BCUT2D eigenvalue weighted by molar-refractivity contribution is 5.81. The molecule has 0 amide bonds. The number of morpholine rings is 1. The van der Waals surface area contributed by atoms with Crippen LogP contribution in [0.2, 0.25) is 0 Å². The van der Waals surface area contributed by atoms with Gasteiger partial charge in [-0.15, -0.1) is 0 Å². The lowest BCUT2D eigenvalue weighted by Gasteiger charge is -2.48. The Morgan fingerprint density at radius 2 is 2.19 bits per heavy atom. The van der Waals surface area contributed by atoms with Gasteiger partial charge in [-0.1, -0.05) is 0 Å². The van der Waals surface area contributed by atoms with Crippen LogP contribution >= 0.6 is 0 Å². The number of likely N-dealkylation sites (N-methyl/N-ethyl adjacent to an activating group) is 1. The lowest BCUT2D eigenvalue weighted by atomic mass is 9.77. The summed E-state index contributed by atoms with van der Waals surface area (Å²) in [6.45, 7) is 1.84. The fourth-order valence-corrected chi connectivity index (χ4v) is 4.65. The van der Waals surface area contributed by atoms with Crippen LogP contribution in [0.5, 0.6) is 0 Å². The standard InChI is InChI=1S/C16H28N2O3/c1-17-16(15(19)20-2)8-4-5-12(11-16)18-9-10-21-14-7-3-6-13(14)18/h12-14,17H,3-11H2,1-2H3. The van der Waals surface area contributed by atoms with Crippen molar-refractivity contribution in [1.82, 2.24) is 10.2 Å². The van der Waals surface area contributed by atoms with Crippen molar-refractivity contribution in [2.45, 2.75) is 68.7 Å². The van der Waals surface area contributed by atoms with Crippen molar-refractivity contribution < 1.29 is 14.3 Å². The summed E-state index contributed by atoms with van der Waals surface area (Å²) in [6, 6.07) is 1.04. The average molecular weight is 296 g/mol. The number of esters is 1. The number of methoxy groups -OCH3 is 1. The minimum absolute atomic E-state index is 0.106. The molecule has 5 nitrogen and oxygen atoms in total. The molecule has 0 radical (unpaired) electrons. The van der Waals surface area contributed by atoms with Gasteiger partial charge < -0.3 is 14.8 Å². The molecular formula is C16H28N2O3. The van der Waals surface area contributed by atoms with Gasteiger partial charge in [0.05, 0.1) is 19.8 Å². The van der Waals surface area contributed by atoms with Crippen LogP contribution in [0.4, 0.5) is 0 Å². The van der Waals surface area contributed by atoms with E-state index in [1.54, 1.807) is 0 Å². The lowest BCUT2D eigenvalue weighted by Crippen LogP contribution is -2.61. The molecular weight excluding hydrogens is 268 g/mol. The molecule has 0 aromatic carbocycles. The highest BCUT2D eigenvalue weighted by Crippen LogP contribution is 2.37. The van der Waals surface area contributed by atoms with E-state index < -0.39 is 5.54 Å². The van der Waals surface area contributed by atoms with Crippen molar-refractivity contribution >= 4 is 5.97 Å². The minimum Gasteiger partial charge on any atom is -0.468 e. The van der Waals surface area contributed by atoms with Crippen LogP contribution < -0.4 is 5.32 Å². The van der Waals surface area contributed by atoms with E-state index >= 15 is 0 Å². The smallest absolute Gasteiger partial charge is 0.326 e. The van der Waals surface area contributed by atoms with Crippen LogP contribution in [0.1, 0.15) is 44.9 Å². The normalized spacial score (nSPS) is 40.8. The number of fused-ring (bicyclic) bond motifs is 1. The highest BCUT2D eigenvalue weighted by atomic mass is 16.5.